The van der Waals surface area contributed by atoms with Gasteiger partial charge in [-0.15, -0.1) is 42.2 Å². The van der Waals surface area contributed by atoms with Crippen LogP contribution in [0, 0.1) is 11.8 Å². The molecular formula is C28H38O3Y2-2. The van der Waals surface area contributed by atoms with Crippen molar-refractivity contribution in [2.75, 3.05) is 0 Å². The summed E-state index contributed by atoms with van der Waals surface area (Å²) in [5.41, 5.74) is 2.65. The molecule has 0 spiro atoms. The molecule has 3 N–H and O–H groups in total. The van der Waals surface area contributed by atoms with Gasteiger partial charge in [-0.3, -0.25) is 0 Å². The van der Waals surface area contributed by atoms with E-state index in [1.807, 2.05) is 97.9 Å². The number of phenols is 3. The van der Waals surface area contributed by atoms with Gasteiger partial charge in [0.1, 0.15) is 0 Å². The van der Waals surface area contributed by atoms with Crippen molar-refractivity contribution in [2.24, 2.45) is 0 Å². The third-order valence-corrected chi connectivity index (χ3v) is 4.46. The second-order valence-corrected chi connectivity index (χ2v) is 5.99. The van der Waals surface area contributed by atoms with E-state index in [0.29, 0.717) is 22.3 Å². The second kappa shape index (κ2) is 20.4. The van der Waals surface area contributed by atoms with Gasteiger partial charge in [0.25, 0.3) is 0 Å². The molecule has 3 aromatic rings. The zero-order chi connectivity index (χ0) is 24.0. The van der Waals surface area contributed by atoms with Crippen LogP contribution in [0.4, 0.5) is 0 Å². The van der Waals surface area contributed by atoms with Gasteiger partial charge in [0.05, 0.1) is 11.5 Å². The summed E-state index contributed by atoms with van der Waals surface area (Å²) >= 11 is 0. The van der Waals surface area contributed by atoms with E-state index in [-0.39, 0.29) is 82.7 Å². The van der Waals surface area contributed by atoms with Crippen molar-refractivity contribution in [1.29, 1.82) is 0 Å². The van der Waals surface area contributed by atoms with Crippen molar-refractivity contribution < 1.29 is 80.7 Å². The van der Waals surface area contributed by atoms with E-state index in [1.54, 1.807) is 24.3 Å². The molecule has 0 aromatic heterocycles. The van der Waals surface area contributed by atoms with Crippen LogP contribution in [-0.2, 0) is 65.4 Å². The maximum Gasteiger partial charge on any atom is 0.0564 e. The maximum atomic E-state index is 10.8. The van der Waals surface area contributed by atoms with E-state index in [2.05, 4.69) is 0 Å². The van der Waals surface area contributed by atoms with Gasteiger partial charge < -0.3 is 15.3 Å². The molecule has 176 valence electrons. The fraction of sp³-hybridized carbons (Fsp3) is 0.286. The second-order valence-electron chi connectivity index (χ2n) is 5.99. The van der Waals surface area contributed by atoms with Gasteiger partial charge in [-0.25, -0.2) is 0 Å². The molecule has 0 aliphatic carbocycles. The Kier molecular flexibility index (Phi) is 22.6. The third kappa shape index (κ3) is 10.0. The number of benzene rings is 3. The molecule has 0 aliphatic heterocycles. The first-order valence-electron chi connectivity index (χ1n) is 11.1. The normalized spacial score (nSPS) is 8.48. The summed E-state index contributed by atoms with van der Waals surface area (Å²) in [6.07, 6.45) is 0. The molecule has 0 atom stereocenters. The Balaban J connectivity index is -0.00000104. The van der Waals surface area contributed by atoms with E-state index in [9.17, 15) is 15.3 Å². The SMILES string of the molecule is CC.CC.CC.C[C-](c1ccccc1O)c1cccc([C-](C)c2ccccc2O)c1O.[Y].[Y]. The van der Waals surface area contributed by atoms with Crippen LogP contribution in [0.1, 0.15) is 77.6 Å². The molecule has 0 bridgehead atoms. The van der Waals surface area contributed by atoms with Gasteiger partial charge in [-0.1, -0.05) is 114 Å². The Morgan fingerprint density at radius 1 is 0.455 bits per heavy atom. The minimum atomic E-state index is 0. The molecule has 3 nitrogen and oxygen atoms in total. The van der Waals surface area contributed by atoms with Crippen molar-refractivity contribution >= 4 is 0 Å². The van der Waals surface area contributed by atoms with Crippen molar-refractivity contribution in [3.63, 3.8) is 0 Å². The molecule has 2 radical (unpaired) electrons. The van der Waals surface area contributed by atoms with E-state index < -0.39 is 0 Å². The fourth-order valence-electron chi connectivity index (χ4n) is 3.02. The van der Waals surface area contributed by atoms with Crippen LogP contribution in [0.5, 0.6) is 17.2 Å². The Morgan fingerprint density at radius 3 is 1.03 bits per heavy atom. The first-order valence-corrected chi connectivity index (χ1v) is 11.1. The van der Waals surface area contributed by atoms with Gasteiger partial charge in [0.15, 0.2) is 0 Å². The van der Waals surface area contributed by atoms with Crippen LogP contribution in [0.2, 0.25) is 0 Å². The minimum absolute atomic E-state index is 0. The van der Waals surface area contributed by atoms with Gasteiger partial charge in [0, 0.05) is 71.2 Å². The van der Waals surface area contributed by atoms with Crippen molar-refractivity contribution in [3.8, 4) is 17.2 Å². The number of hydrogen-bond acceptors (Lipinski definition) is 3. The quantitative estimate of drug-likeness (QED) is 0.268. The number of aromatic hydroxyl groups is 3. The average Bonchev–Trinajstić information content (AvgIpc) is 2.83. The molecule has 0 heterocycles. The number of rotatable bonds is 4. The predicted octanol–water partition coefficient (Wildman–Crippen LogP) is 7.86. The van der Waals surface area contributed by atoms with Crippen LogP contribution in [0.15, 0.2) is 66.7 Å². The van der Waals surface area contributed by atoms with Crippen LogP contribution in [0.25, 0.3) is 0 Å². The van der Waals surface area contributed by atoms with Crippen molar-refractivity contribution in [2.45, 2.75) is 55.4 Å². The molecule has 33 heavy (non-hydrogen) atoms. The van der Waals surface area contributed by atoms with E-state index in [4.69, 9.17) is 0 Å². The average molecular weight is 600 g/mol. The number of phenolic OH excluding ortho intramolecular Hbond substituents is 3. The molecule has 3 rings (SSSR count). The minimum Gasteiger partial charge on any atom is -0.543 e. The molecule has 0 unspecified atom stereocenters. The van der Waals surface area contributed by atoms with Crippen molar-refractivity contribution in [3.05, 3.63) is 101 Å². The first-order chi connectivity index (χ1) is 15.0. The van der Waals surface area contributed by atoms with E-state index in [0.717, 1.165) is 11.8 Å². The van der Waals surface area contributed by atoms with Gasteiger partial charge in [-0.2, -0.15) is 0 Å². The Hall–Kier alpha value is -0.992. The summed E-state index contributed by atoms with van der Waals surface area (Å²) in [4.78, 5) is 0. The van der Waals surface area contributed by atoms with Gasteiger partial charge >= 0.3 is 0 Å². The fourth-order valence-corrected chi connectivity index (χ4v) is 3.02. The van der Waals surface area contributed by atoms with Crippen molar-refractivity contribution in [1.82, 2.24) is 0 Å². The first kappa shape index (κ1) is 36.6. The standard InChI is InChI=1S/C22H20O3.3C2H6.2Y/c1-14(16-8-3-5-12-20(16)23)18-10-7-11-19(22(18)25)15(2)17-9-4-6-13-21(17)24;3*1-2;;/h3-13,23-25H,1-2H3;3*1-2H3;;/q-2;;;;;. The molecule has 0 amide bonds. The molecule has 0 saturated heterocycles. The van der Waals surface area contributed by atoms with Gasteiger partial charge in [-0.05, 0) is 0 Å². The monoisotopic (exact) mass is 600 g/mol. The zero-order valence-corrected chi connectivity index (χ0v) is 27.0. The summed E-state index contributed by atoms with van der Waals surface area (Å²) in [6.45, 7) is 15.7. The summed E-state index contributed by atoms with van der Waals surface area (Å²) in [7, 11) is 0. The Morgan fingerprint density at radius 2 is 0.727 bits per heavy atom. The maximum absolute atomic E-state index is 10.8. The molecule has 0 fully saturated rings. The summed E-state index contributed by atoms with van der Waals surface area (Å²) in [5, 5.41) is 31.0. The third-order valence-electron chi connectivity index (χ3n) is 4.46. The van der Waals surface area contributed by atoms with Crippen LogP contribution >= 0.6 is 0 Å². The molecule has 3 aromatic carbocycles. The Labute approximate surface area is 251 Å². The zero-order valence-electron chi connectivity index (χ0n) is 21.3. The van der Waals surface area contributed by atoms with Crippen LogP contribution < -0.4 is 0 Å². The molecule has 0 aliphatic rings. The summed E-state index contributed by atoms with van der Waals surface area (Å²) < 4.78 is 0. The van der Waals surface area contributed by atoms with Gasteiger partial charge in [0.2, 0.25) is 0 Å². The van der Waals surface area contributed by atoms with E-state index in [1.165, 1.54) is 0 Å². The smallest absolute Gasteiger partial charge is 0.0564 e. The number of hydrogen-bond donors (Lipinski definition) is 3. The molecular weight excluding hydrogens is 562 g/mol. The Bertz CT molecular complexity index is 828. The van der Waals surface area contributed by atoms with Crippen LogP contribution in [0.3, 0.4) is 0 Å². The van der Waals surface area contributed by atoms with Crippen LogP contribution in [-0.4, -0.2) is 15.3 Å². The van der Waals surface area contributed by atoms with E-state index >= 15 is 0 Å². The molecule has 0 saturated carbocycles. The number of para-hydroxylation sites is 3. The largest absolute Gasteiger partial charge is 0.543 e. The predicted molar refractivity (Wildman–Crippen MR) is 133 cm³/mol. The summed E-state index contributed by atoms with van der Waals surface area (Å²) in [5.74, 6) is 2.03. The molecule has 5 heteroatoms. The topological polar surface area (TPSA) is 60.7 Å². The summed E-state index contributed by atoms with van der Waals surface area (Å²) in [6, 6.07) is 19.6.